The first-order valence-electron chi connectivity index (χ1n) is 5.58. The smallest absolute Gasteiger partial charge is 0.233 e. The lowest BCUT2D eigenvalue weighted by Gasteiger charge is -2.04. The molecule has 0 atom stereocenters. The molecule has 18 heavy (non-hydrogen) atoms. The molecule has 0 bridgehead atoms. The number of rotatable bonds is 5. The Hall–Kier alpha value is -1.76. The molecule has 7 heteroatoms. The van der Waals surface area contributed by atoms with E-state index in [0.29, 0.717) is 18.0 Å². The number of fused-ring (bicyclic) bond motifs is 1. The van der Waals surface area contributed by atoms with E-state index in [-0.39, 0.29) is 5.75 Å². The van der Waals surface area contributed by atoms with Gasteiger partial charge in [-0.25, -0.2) is 8.42 Å². The van der Waals surface area contributed by atoms with Crippen LogP contribution in [0, 0.1) is 0 Å². The molecular formula is C11H15N3O3S. The number of sulfonamides is 1. The summed E-state index contributed by atoms with van der Waals surface area (Å²) < 4.78 is 30.9. The van der Waals surface area contributed by atoms with Gasteiger partial charge in [-0.15, -0.1) is 0 Å². The number of aromatic amines is 1. The summed E-state index contributed by atoms with van der Waals surface area (Å²) in [5.74, 6) is 1.09. The zero-order chi connectivity index (χ0) is 13.2. The van der Waals surface area contributed by atoms with Gasteiger partial charge in [0.25, 0.3) is 0 Å². The van der Waals surface area contributed by atoms with Crippen LogP contribution in [0.25, 0.3) is 10.9 Å². The number of H-pyrrole nitrogens is 1. The molecule has 0 aliphatic heterocycles. The lowest BCUT2D eigenvalue weighted by molar-refractivity contribution is 0.415. The minimum absolute atomic E-state index is 0.0809. The van der Waals surface area contributed by atoms with Crippen LogP contribution in [0.15, 0.2) is 18.2 Å². The molecule has 2 rings (SSSR count). The van der Waals surface area contributed by atoms with E-state index in [1.165, 1.54) is 0 Å². The van der Waals surface area contributed by atoms with E-state index < -0.39 is 10.0 Å². The van der Waals surface area contributed by atoms with Crippen LogP contribution < -0.4 is 9.46 Å². The molecule has 0 spiro atoms. The summed E-state index contributed by atoms with van der Waals surface area (Å²) in [6.07, 6.45) is 0.561. The number of methoxy groups -OCH3 is 1. The first-order valence-corrected chi connectivity index (χ1v) is 7.23. The standard InChI is InChI=1S/C11H15N3O3S/c1-3-6-18(15,16)14-11-9-5-4-8(17-2)7-10(9)12-13-11/h4-5,7H,3,6H2,1-2H3,(H2,12,13,14). The summed E-state index contributed by atoms with van der Waals surface area (Å²) in [6.45, 7) is 1.81. The Morgan fingerprint density at radius 1 is 1.44 bits per heavy atom. The predicted molar refractivity (Wildman–Crippen MR) is 70.3 cm³/mol. The van der Waals surface area contributed by atoms with Crippen LogP contribution in [-0.2, 0) is 10.0 Å². The van der Waals surface area contributed by atoms with Gasteiger partial charge in [0.2, 0.25) is 10.0 Å². The fraction of sp³-hybridized carbons (Fsp3) is 0.364. The van der Waals surface area contributed by atoms with Crippen LogP contribution >= 0.6 is 0 Å². The molecule has 0 aliphatic rings. The zero-order valence-electron chi connectivity index (χ0n) is 10.2. The predicted octanol–water partition coefficient (Wildman–Crippen LogP) is 1.72. The molecule has 0 unspecified atom stereocenters. The highest BCUT2D eigenvalue weighted by Crippen LogP contribution is 2.25. The average Bonchev–Trinajstić information content (AvgIpc) is 2.71. The molecule has 98 valence electrons. The lowest BCUT2D eigenvalue weighted by Crippen LogP contribution is -2.16. The maximum Gasteiger partial charge on any atom is 0.233 e. The minimum Gasteiger partial charge on any atom is -0.497 e. The molecule has 0 saturated heterocycles. The van der Waals surface area contributed by atoms with Crippen LogP contribution in [0.3, 0.4) is 0 Å². The Labute approximate surface area is 105 Å². The van der Waals surface area contributed by atoms with Crippen LogP contribution in [0.2, 0.25) is 0 Å². The highest BCUT2D eigenvalue weighted by atomic mass is 32.2. The van der Waals surface area contributed by atoms with Gasteiger partial charge in [-0.3, -0.25) is 9.82 Å². The number of nitrogens with one attached hydrogen (secondary N) is 2. The van der Waals surface area contributed by atoms with Gasteiger partial charge >= 0.3 is 0 Å². The molecule has 1 heterocycles. The number of hydrogen-bond donors (Lipinski definition) is 2. The Morgan fingerprint density at radius 3 is 2.89 bits per heavy atom. The molecule has 2 N–H and O–H groups in total. The third-order valence-corrected chi connectivity index (χ3v) is 3.95. The summed E-state index contributed by atoms with van der Waals surface area (Å²) in [4.78, 5) is 0. The van der Waals surface area contributed by atoms with Gasteiger partial charge < -0.3 is 4.74 Å². The SMILES string of the molecule is CCCS(=O)(=O)Nc1n[nH]c2cc(OC)ccc12. The normalized spacial score (nSPS) is 11.7. The number of nitrogens with zero attached hydrogens (tertiary/aromatic N) is 1. The van der Waals surface area contributed by atoms with Crippen molar-refractivity contribution in [2.75, 3.05) is 17.6 Å². The third kappa shape index (κ3) is 2.56. The molecule has 0 saturated carbocycles. The first kappa shape index (κ1) is 12.7. The van der Waals surface area contributed by atoms with Gasteiger partial charge in [-0.05, 0) is 18.6 Å². The summed E-state index contributed by atoms with van der Waals surface area (Å²) in [5.41, 5.74) is 0.726. The van der Waals surface area contributed by atoms with Crippen molar-refractivity contribution in [1.82, 2.24) is 10.2 Å². The summed E-state index contributed by atoms with van der Waals surface area (Å²) >= 11 is 0. The fourth-order valence-corrected chi connectivity index (χ4v) is 2.76. The topological polar surface area (TPSA) is 84.1 Å². The number of anilines is 1. The Morgan fingerprint density at radius 2 is 2.22 bits per heavy atom. The summed E-state index contributed by atoms with van der Waals surface area (Å²) in [7, 11) is -1.75. The van der Waals surface area contributed by atoms with Crippen LogP contribution in [-0.4, -0.2) is 31.5 Å². The Bertz CT molecular complexity index is 649. The molecule has 0 fully saturated rings. The number of aromatic nitrogens is 2. The van der Waals surface area contributed by atoms with Gasteiger partial charge in [0.15, 0.2) is 5.82 Å². The van der Waals surface area contributed by atoms with E-state index in [2.05, 4.69) is 14.9 Å². The molecule has 0 radical (unpaired) electrons. The summed E-state index contributed by atoms with van der Waals surface area (Å²) in [5, 5.41) is 7.46. The van der Waals surface area contributed by atoms with Crippen LogP contribution in [0.5, 0.6) is 5.75 Å². The maximum atomic E-state index is 11.7. The molecular weight excluding hydrogens is 254 g/mol. The van der Waals surface area contributed by atoms with E-state index >= 15 is 0 Å². The van der Waals surface area contributed by atoms with Gasteiger partial charge in [0.1, 0.15) is 5.75 Å². The second-order valence-electron chi connectivity index (χ2n) is 3.90. The zero-order valence-corrected chi connectivity index (χ0v) is 11.0. The van der Waals surface area contributed by atoms with Crippen molar-refractivity contribution in [3.8, 4) is 5.75 Å². The number of benzene rings is 1. The average molecular weight is 269 g/mol. The van der Waals surface area contributed by atoms with Crippen molar-refractivity contribution < 1.29 is 13.2 Å². The van der Waals surface area contributed by atoms with Crippen molar-refractivity contribution in [3.05, 3.63) is 18.2 Å². The van der Waals surface area contributed by atoms with Crippen molar-refractivity contribution in [3.63, 3.8) is 0 Å². The van der Waals surface area contributed by atoms with Crippen LogP contribution in [0.1, 0.15) is 13.3 Å². The minimum atomic E-state index is -3.33. The molecule has 1 aromatic heterocycles. The highest BCUT2D eigenvalue weighted by Gasteiger charge is 2.13. The molecule has 2 aromatic rings. The van der Waals surface area contributed by atoms with Gasteiger partial charge in [0, 0.05) is 11.5 Å². The van der Waals surface area contributed by atoms with E-state index in [1.807, 2.05) is 6.92 Å². The van der Waals surface area contributed by atoms with Crippen molar-refractivity contribution >= 4 is 26.7 Å². The van der Waals surface area contributed by atoms with Gasteiger partial charge in [-0.1, -0.05) is 6.92 Å². The fourth-order valence-electron chi connectivity index (χ4n) is 1.67. The van der Waals surface area contributed by atoms with E-state index in [4.69, 9.17) is 4.74 Å². The highest BCUT2D eigenvalue weighted by molar-refractivity contribution is 7.92. The van der Waals surface area contributed by atoms with Gasteiger partial charge in [0.05, 0.1) is 18.4 Å². The molecule has 0 aliphatic carbocycles. The lowest BCUT2D eigenvalue weighted by atomic mass is 10.2. The Balaban J connectivity index is 2.35. The Kier molecular flexibility index (Phi) is 3.42. The second-order valence-corrected chi connectivity index (χ2v) is 5.75. The largest absolute Gasteiger partial charge is 0.497 e. The molecule has 0 amide bonds. The quantitative estimate of drug-likeness (QED) is 0.865. The van der Waals surface area contributed by atoms with E-state index in [0.717, 1.165) is 10.9 Å². The second kappa shape index (κ2) is 4.85. The first-order chi connectivity index (χ1) is 8.55. The monoisotopic (exact) mass is 269 g/mol. The summed E-state index contributed by atoms with van der Waals surface area (Å²) in [6, 6.07) is 5.29. The van der Waals surface area contributed by atoms with Gasteiger partial charge in [-0.2, -0.15) is 5.10 Å². The third-order valence-electron chi connectivity index (χ3n) is 2.50. The van der Waals surface area contributed by atoms with E-state index in [1.54, 1.807) is 25.3 Å². The van der Waals surface area contributed by atoms with Crippen molar-refractivity contribution in [2.24, 2.45) is 0 Å². The number of ether oxygens (including phenoxy) is 1. The molecule has 1 aromatic carbocycles. The van der Waals surface area contributed by atoms with Crippen molar-refractivity contribution in [2.45, 2.75) is 13.3 Å². The van der Waals surface area contributed by atoms with Crippen molar-refractivity contribution in [1.29, 1.82) is 0 Å². The van der Waals surface area contributed by atoms with E-state index in [9.17, 15) is 8.42 Å². The number of hydrogen-bond acceptors (Lipinski definition) is 4. The van der Waals surface area contributed by atoms with Crippen LogP contribution in [0.4, 0.5) is 5.82 Å². The maximum absolute atomic E-state index is 11.7. The molecule has 6 nitrogen and oxygen atoms in total.